The highest BCUT2D eigenvalue weighted by Crippen LogP contribution is 2.24. The molecule has 0 amide bonds. The maximum atomic E-state index is 3.75. The molecule has 1 heteroatoms. The SMILES string of the molecule is Cc1cc(C)c(CNC2CCC(C)CC2)cc1C. The van der Waals surface area contributed by atoms with E-state index in [-0.39, 0.29) is 0 Å². The third-order valence-corrected chi connectivity index (χ3v) is 4.55. The summed E-state index contributed by atoms with van der Waals surface area (Å²) in [6.07, 6.45) is 5.49. The van der Waals surface area contributed by atoms with Crippen LogP contribution in [-0.4, -0.2) is 6.04 Å². The molecule has 0 bridgehead atoms. The minimum absolute atomic E-state index is 0.738. The summed E-state index contributed by atoms with van der Waals surface area (Å²) < 4.78 is 0. The molecule has 0 spiro atoms. The molecule has 0 saturated heterocycles. The number of aryl methyl sites for hydroxylation is 3. The summed E-state index contributed by atoms with van der Waals surface area (Å²) in [7, 11) is 0. The molecule has 0 heterocycles. The summed E-state index contributed by atoms with van der Waals surface area (Å²) in [4.78, 5) is 0. The number of rotatable bonds is 3. The van der Waals surface area contributed by atoms with Crippen LogP contribution in [0.1, 0.15) is 54.9 Å². The van der Waals surface area contributed by atoms with Crippen LogP contribution in [0.25, 0.3) is 0 Å². The van der Waals surface area contributed by atoms with Gasteiger partial charge in [0.25, 0.3) is 0 Å². The Hall–Kier alpha value is -0.820. The Morgan fingerprint density at radius 3 is 2.22 bits per heavy atom. The van der Waals surface area contributed by atoms with Gasteiger partial charge in [0, 0.05) is 12.6 Å². The Kier molecular flexibility index (Phi) is 4.45. The topological polar surface area (TPSA) is 12.0 Å². The summed E-state index contributed by atoms with van der Waals surface area (Å²) >= 11 is 0. The van der Waals surface area contributed by atoms with Crippen molar-refractivity contribution in [2.24, 2.45) is 5.92 Å². The smallest absolute Gasteiger partial charge is 0.0210 e. The number of nitrogens with one attached hydrogen (secondary N) is 1. The third-order valence-electron chi connectivity index (χ3n) is 4.55. The van der Waals surface area contributed by atoms with Crippen molar-refractivity contribution in [2.75, 3.05) is 0 Å². The first-order valence-corrected chi connectivity index (χ1v) is 7.36. The Balaban J connectivity index is 1.92. The second-order valence-corrected chi connectivity index (χ2v) is 6.20. The van der Waals surface area contributed by atoms with Gasteiger partial charge >= 0.3 is 0 Å². The summed E-state index contributed by atoms with van der Waals surface area (Å²) in [5.74, 6) is 0.936. The second-order valence-electron chi connectivity index (χ2n) is 6.20. The van der Waals surface area contributed by atoms with Crippen molar-refractivity contribution in [3.63, 3.8) is 0 Å². The molecule has 1 aromatic rings. The lowest BCUT2D eigenvalue weighted by molar-refractivity contribution is 0.306. The van der Waals surface area contributed by atoms with E-state index in [0.29, 0.717) is 0 Å². The fourth-order valence-electron chi connectivity index (χ4n) is 2.93. The Morgan fingerprint density at radius 1 is 0.944 bits per heavy atom. The summed E-state index contributed by atoms with van der Waals surface area (Å²) in [5.41, 5.74) is 5.71. The van der Waals surface area contributed by atoms with Gasteiger partial charge in [-0.1, -0.05) is 19.1 Å². The van der Waals surface area contributed by atoms with E-state index in [1.807, 2.05) is 0 Å². The monoisotopic (exact) mass is 245 g/mol. The zero-order valence-electron chi connectivity index (χ0n) is 12.3. The molecule has 1 aliphatic carbocycles. The van der Waals surface area contributed by atoms with Crippen molar-refractivity contribution < 1.29 is 0 Å². The molecule has 1 aromatic carbocycles. The highest BCUT2D eigenvalue weighted by Gasteiger charge is 2.17. The fraction of sp³-hybridized carbons (Fsp3) is 0.647. The van der Waals surface area contributed by atoms with Gasteiger partial charge in [-0.25, -0.2) is 0 Å². The van der Waals surface area contributed by atoms with Gasteiger partial charge in [-0.3, -0.25) is 0 Å². The van der Waals surface area contributed by atoms with E-state index in [1.165, 1.54) is 47.9 Å². The van der Waals surface area contributed by atoms with Crippen molar-refractivity contribution >= 4 is 0 Å². The van der Waals surface area contributed by atoms with Gasteiger partial charge in [0.15, 0.2) is 0 Å². The second kappa shape index (κ2) is 5.88. The minimum atomic E-state index is 0.738. The summed E-state index contributed by atoms with van der Waals surface area (Å²) in [5, 5.41) is 3.75. The Labute approximate surface area is 112 Å². The molecule has 0 aromatic heterocycles. The molecule has 1 N–H and O–H groups in total. The number of benzene rings is 1. The molecule has 0 radical (unpaired) electrons. The lowest BCUT2D eigenvalue weighted by Gasteiger charge is -2.27. The predicted octanol–water partition coefficient (Wildman–Crippen LogP) is 4.28. The molecule has 0 unspecified atom stereocenters. The van der Waals surface area contributed by atoms with E-state index < -0.39 is 0 Å². The molecular weight excluding hydrogens is 218 g/mol. The molecule has 0 aliphatic heterocycles. The molecular formula is C17H27N. The predicted molar refractivity (Wildman–Crippen MR) is 78.9 cm³/mol. The highest BCUT2D eigenvalue weighted by atomic mass is 14.9. The zero-order valence-corrected chi connectivity index (χ0v) is 12.3. The summed E-state index contributed by atoms with van der Waals surface area (Å²) in [6.45, 7) is 10.0. The van der Waals surface area contributed by atoms with Gasteiger partial charge in [0.05, 0.1) is 0 Å². The zero-order chi connectivity index (χ0) is 13.1. The molecule has 1 fully saturated rings. The Bertz CT molecular complexity index is 400. The minimum Gasteiger partial charge on any atom is -0.310 e. The van der Waals surface area contributed by atoms with Crippen LogP contribution in [0.15, 0.2) is 12.1 Å². The van der Waals surface area contributed by atoms with Gasteiger partial charge in [0.1, 0.15) is 0 Å². The quantitative estimate of drug-likeness (QED) is 0.838. The third kappa shape index (κ3) is 3.35. The van der Waals surface area contributed by atoms with E-state index >= 15 is 0 Å². The molecule has 100 valence electrons. The van der Waals surface area contributed by atoms with Gasteiger partial charge in [-0.05, 0) is 74.6 Å². The maximum Gasteiger partial charge on any atom is 0.0210 e. The lowest BCUT2D eigenvalue weighted by Crippen LogP contribution is -2.32. The van der Waals surface area contributed by atoms with Crippen LogP contribution < -0.4 is 5.32 Å². The number of hydrogen-bond donors (Lipinski definition) is 1. The van der Waals surface area contributed by atoms with E-state index in [4.69, 9.17) is 0 Å². The first-order valence-electron chi connectivity index (χ1n) is 7.36. The van der Waals surface area contributed by atoms with Crippen LogP contribution in [0.5, 0.6) is 0 Å². The normalized spacial score (nSPS) is 24.2. The molecule has 0 atom stereocenters. The van der Waals surface area contributed by atoms with Gasteiger partial charge < -0.3 is 5.32 Å². The van der Waals surface area contributed by atoms with Crippen LogP contribution in [0.2, 0.25) is 0 Å². The van der Waals surface area contributed by atoms with Gasteiger partial charge in [-0.2, -0.15) is 0 Å². The Morgan fingerprint density at radius 2 is 1.56 bits per heavy atom. The van der Waals surface area contributed by atoms with E-state index in [2.05, 4.69) is 45.1 Å². The lowest BCUT2D eigenvalue weighted by atomic mass is 9.87. The molecule has 2 rings (SSSR count). The largest absolute Gasteiger partial charge is 0.310 e. The first kappa shape index (κ1) is 13.6. The van der Waals surface area contributed by atoms with Crippen LogP contribution in [0.3, 0.4) is 0 Å². The summed E-state index contributed by atoms with van der Waals surface area (Å²) in [6, 6.07) is 5.40. The van der Waals surface area contributed by atoms with Crippen molar-refractivity contribution in [3.8, 4) is 0 Å². The van der Waals surface area contributed by atoms with Crippen molar-refractivity contribution in [3.05, 3.63) is 34.4 Å². The number of hydrogen-bond acceptors (Lipinski definition) is 1. The van der Waals surface area contributed by atoms with Crippen molar-refractivity contribution in [1.82, 2.24) is 5.32 Å². The highest BCUT2D eigenvalue weighted by molar-refractivity contribution is 5.36. The molecule has 1 saturated carbocycles. The first-order chi connectivity index (χ1) is 8.56. The molecule has 1 nitrogen and oxygen atoms in total. The van der Waals surface area contributed by atoms with E-state index in [0.717, 1.165) is 18.5 Å². The average Bonchev–Trinajstić information content (AvgIpc) is 2.34. The van der Waals surface area contributed by atoms with Crippen molar-refractivity contribution in [1.29, 1.82) is 0 Å². The van der Waals surface area contributed by atoms with Crippen LogP contribution in [0, 0.1) is 26.7 Å². The van der Waals surface area contributed by atoms with Crippen molar-refractivity contribution in [2.45, 2.75) is 66.0 Å². The fourth-order valence-corrected chi connectivity index (χ4v) is 2.93. The molecule has 18 heavy (non-hydrogen) atoms. The van der Waals surface area contributed by atoms with Gasteiger partial charge in [0.2, 0.25) is 0 Å². The van der Waals surface area contributed by atoms with Crippen LogP contribution in [-0.2, 0) is 6.54 Å². The average molecular weight is 245 g/mol. The standard InChI is InChI=1S/C17H27N/c1-12-5-7-17(8-6-12)18-11-16-10-14(3)13(2)9-15(16)4/h9-10,12,17-18H,5-8,11H2,1-4H3. The van der Waals surface area contributed by atoms with E-state index in [9.17, 15) is 0 Å². The van der Waals surface area contributed by atoms with Gasteiger partial charge in [-0.15, -0.1) is 0 Å². The molecule has 1 aliphatic rings. The van der Waals surface area contributed by atoms with E-state index in [1.54, 1.807) is 0 Å². The van der Waals surface area contributed by atoms with Crippen LogP contribution in [0.4, 0.5) is 0 Å². The van der Waals surface area contributed by atoms with Crippen LogP contribution >= 0.6 is 0 Å². The maximum absolute atomic E-state index is 3.75.